The number of nitrogens with zero attached hydrogens (tertiary/aromatic N) is 2. The van der Waals surface area contributed by atoms with Crippen molar-refractivity contribution in [3.05, 3.63) is 211 Å². The largest absolute Gasteiger partial charge is 0.310 e. The highest BCUT2D eigenvalue weighted by atomic mass is 15.0. The molecule has 2 aliphatic heterocycles. The summed E-state index contributed by atoms with van der Waals surface area (Å²) in [5.41, 5.74) is 23.0. The molecule has 14 rings (SSSR count). The summed E-state index contributed by atoms with van der Waals surface area (Å²) in [5.74, 6) is 0. The third-order valence-corrected chi connectivity index (χ3v) is 14.1. The highest BCUT2D eigenvalue weighted by Gasteiger charge is 2.43. The van der Waals surface area contributed by atoms with E-state index in [2.05, 4.69) is 223 Å². The number of hydrogen-bond donors (Lipinski definition) is 0. The van der Waals surface area contributed by atoms with Crippen molar-refractivity contribution in [1.82, 2.24) is 9.13 Å². The summed E-state index contributed by atoms with van der Waals surface area (Å²) in [6.07, 6.45) is 0. The summed E-state index contributed by atoms with van der Waals surface area (Å²) < 4.78 is 5.29. The van der Waals surface area contributed by atoms with Crippen molar-refractivity contribution in [1.29, 1.82) is 0 Å². The number of para-hydroxylation sites is 1. The zero-order valence-electron chi connectivity index (χ0n) is 35.0. The molecule has 0 radical (unpaired) electrons. The van der Waals surface area contributed by atoms with Gasteiger partial charge in [0.2, 0.25) is 0 Å². The maximum absolute atomic E-state index is 2.65. The van der Waals surface area contributed by atoms with Gasteiger partial charge in [0, 0.05) is 38.6 Å². The van der Waals surface area contributed by atoms with E-state index in [1.807, 2.05) is 0 Å². The van der Waals surface area contributed by atoms with Crippen molar-refractivity contribution in [2.75, 3.05) is 0 Å². The molecule has 0 spiro atoms. The molecular weight excluding hydrogens is 759 g/mol. The highest BCUT2D eigenvalue weighted by molar-refractivity contribution is 7.02. The van der Waals surface area contributed by atoms with Gasteiger partial charge in [-0.15, -0.1) is 0 Å². The number of aromatic nitrogens is 2. The van der Waals surface area contributed by atoms with Crippen molar-refractivity contribution < 1.29 is 0 Å². The van der Waals surface area contributed by atoms with E-state index < -0.39 is 0 Å². The molecular formula is C60H39BN2. The first-order valence-corrected chi connectivity index (χ1v) is 22.1. The minimum Gasteiger partial charge on any atom is -0.310 e. The Balaban J connectivity index is 1.28. The fourth-order valence-corrected chi connectivity index (χ4v) is 11.8. The van der Waals surface area contributed by atoms with E-state index in [1.54, 1.807) is 0 Å². The molecule has 0 saturated carbocycles. The Labute approximate surface area is 366 Å². The fraction of sp³-hybridized carbons (Fsp3) is 0.0333. The number of rotatable bonds is 4. The van der Waals surface area contributed by atoms with Crippen molar-refractivity contribution in [3.63, 3.8) is 0 Å². The number of benzene rings is 10. The lowest BCUT2D eigenvalue weighted by atomic mass is 9.33. The second-order valence-corrected chi connectivity index (χ2v) is 17.7. The first kappa shape index (κ1) is 34.8. The molecule has 2 aliphatic rings. The SMILES string of the molecule is Cc1cc2c3c(c1)-n1c4cc(C)ccc4c4cc5c(-c6ccccc6)c6ccccc6c(-c6ccccc6)c5c(c41)B3c1cccc3c(-c4ccccc4)c(-c4ccccc4)n-2c13. The van der Waals surface area contributed by atoms with Crippen LogP contribution in [0.15, 0.2) is 200 Å². The lowest BCUT2D eigenvalue weighted by Crippen LogP contribution is -2.59. The van der Waals surface area contributed by atoms with Crippen LogP contribution in [0.25, 0.3) is 110 Å². The predicted octanol–water partition coefficient (Wildman–Crippen LogP) is 13.5. The van der Waals surface area contributed by atoms with Crippen LogP contribution in [0.5, 0.6) is 0 Å². The third-order valence-electron chi connectivity index (χ3n) is 14.1. The van der Waals surface area contributed by atoms with Crippen molar-refractivity contribution in [2.24, 2.45) is 0 Å². The summed E-state index contributed by atoms with van der Waals surface area (Å²) in [4.78, 5) is 0. The summed E-state index contributed by atoms with van der Waals surface area (Å²) in [7, 11) is 0. The van der Waals surface area contributed by atoms with Gasteiger partial charge in [-0.25, -0.2) is 0 Å². The van der Waals surface area contributed by atoms with Crippen LogP contribution >= 0.6 is 0 Å². The average Bonchev–Trinajstić information content (AvgIpc) is 3.85. The molecule has 12 aromatic rings. The van der Waals surface area contributed by atoms with Gasteiger partial charge < -0.3 is 9.13 Å². The number of hydrogen-bond acceptors (Lipinski definition) is 0. The van der Waals surface area contributed by atoms with E-state index in [0.717, 1.165) is 0 Å². The number of aryl methyl sites for hydroxylation is 2. The van der Waals surface area contributed by atoms with E-state index in [9.17, 15) is 0 Å². The molecule has 0 amide bonds. The van der Waals surface area contributed by atoms with Crippen LogP contribution in [-0.2, 0) is 0 Å². The molecule has 2 nitrogen and oxygen atoms in total. The summed E-state index contributed by atoms with van der Waals surface area (Å²) in [5, 5.41) is 9.04. The van der Waals surface area contributed by atoms with Gasteiger partial charge in [-0.1, -0.05) is 176 Å². The molecule has 2 aromatic heterocycles. The smallest absolute Gasteiger partial charge is 0.253 e. The quantitative estimate of drug-likeness (QED) is 0.124. The van der Waals surface area contributed by atoms with Gasteiger partial charge in [0.25, 0.3) is 6.71 Å². The average molecular weight is 799 g/mol. The van der Waals surface area contributed by atoms with Crippen LogP contribution < -0.4 is 16.4 Å². The van der Waals surface area contributed by atoms with E-state index in [-0.39, 0.29) is 6.71 Å². The van der Waals surface area contributed by atoms with E-state index in [1.165, 1.54) is 138 Å². The summed E-state index contributed by atoms with van der Waals surface area (Å²) >= 11 is 0. The van der Waals surface area contributed by atoms with Gasteiger partial charge in [-0.3, -0.25) is 0 Å². The monoisotopic (exact) mass is 798 g/mol. The standard InChI is InChI=1S/C60H39BN2/c1-36-30-31-42-46-35-47-52(38-18-7-3-8-19-38)43-26-15-16-27-44(43)53(39-20-9-4-10-21-39)55(47)57-60(46)62(49(42)32-36)50-33-37(2)34-51-56(50)61(57)48-29-17-28-45-54(40-22-11-5-12-23-40)58(63(51)59(45)48)41-24-13-6-14-25-41/h3-35H,1-2H3. The Bertz CT molecular complexity index is 3900. The molecule has 292 valence electrons. The van der Waals surface area contributed by atoms with Crippen LogP contribution in [-0.4, -0.2) is 15.8 Å². The molecule has 0 aliphatic carbocycles. The fourth-order valence-electron chi connectivity index (χ4n) is 11.8. The Kier molecular flexibility index (Phi) is 7.08. The van der Waals surface area contributed by atoms with Gasteiger partial charge in [0.1, 0.15) is 0 Å². The van der Waals surface area contributed by atoms with Crippen LogP contribution in [0, 0.1) is 13.8 Å². The van der Waals surface area contributed by atoms with Gasteiger partial charge in [0.05, 0.1) is 16.7 Å². The Morgan fingerprint density at radius 2 is 0.905 bits per heavy atom. The minimum absolute atomic E-state index is 0.0506. The van der Waals surface area contributed by atoms with Gasteiger partial charge in [-0.2, -0.15) is 0 Å². The lowest BCUT2D eigenvalue weighted by Gasteiger charge is -2.36. The molecule has 0 unspecified atom stereocenters. The maximum Gasteiger partial charge on any atom is 0.253 e. The van der Waals surface area contributed by atoms with Crippen molar-refractivity contribution >= 4 is 77.4 Å². The topological polar surface area (TPSA) is 9.86 Å². The van der Waals surface area contributed by atoms with Crippen LogP contribution in [0.4, 0.5) is 0 Å². The minimum atomic E-state index is -0.0506. The first-order valence-electron chi connectivity index (χ1n) is 22.1. The van der Waals surface area contributed by atoms with E-state index >= 15 is 0 Å². The molecule has 0 bridgehead atoms. The van der Waals surface area contributed by atoms with Crippen molar-refractivity contribution in [2.45, 2.75) is 13.8 Å². The molecule has 0 N–H and O–H groups in total. The maximum atomic E-state index is 2.65. The Morgan fingerprint density at radius 3 is 1.57 bits per heavy atom. The molecule has 0 fully saturated rings. The van der Waals surface area contributed by atoms with Gasteiger partial charge in [0.15, 0.2) is 0 Å². The van der Waals surface area contributed by atoms with Crippen LogP contribution in [0.2, 0.25) is 0 Å². The lowest BCUT2D eigenvalue weighted by molar-refractivity contribution is 1.11. The molecule has 63 heavy (non-hydrogen) atoms. The Morgan fingerprint density at radius 1 is 0.349 bits per heavy atom. The predicted molar refractivity (Wildman–Crippen MR) is 268 cm³/mol. The van der Waals surface area contributed by atoms with Crippen LogP contribution in [0.3, 0.4) is 0 Å². The zero-order valence-corrected chi connectivity index (χ0v) is 35.0. The summed E-state index contributed by atoms with van der Waals surface area (Å²) in [6, 6.07) is 75.2. The number of fused-ring (bicyclic) bond motifs is 10. The molecule has 3 heteroatoms. The van der Waals surface area contributed by atoms with E-state index in [0.29, 0.717) is 0 Å². The highest BCUT2D eigenvalue weighted by Crippen LogP contribution is 2.49. The molecule has 0 saturated heterocycles. The van der Waals surface area contributed by atoms with Crippen LogP contribution in [0.1, 0.15) is 11.1 Å². The third kappa shape index (κ3) is 4.63. The van der Waals surface area contributed by atoms with Gasteiger partial charge in [-0.05, 0) is 121 Å². The zero-order chi connectivity index (χ0) is 41.5. The molecule has 0 atom stereocenters. The van der Waals surface area contributed by atoms with Crippen molar-refractivity contribution in [3.8, 4) is 56.0 Å². The molecule has 10 aromatic carbocycles. The first-order chi connectivity index (χ1) is 31.1. The molecule has 4 heterocycles. The van der Waals surface area contributed by atoms with Gasteiger partial charge >= 0.3 is 0 Å². The Hall–Kier alpha value is -7.88. The second kappa shape index (κ2) is 12.8. The van der Waals surface area contributed by atoms with E-state index in [4.69, 9.17) is 0 Å². The second-order valence-electron chi connectivity index (χ2n) is 17.7. The normalized spacial score (nSPS) is 12.6. The summed E-state index contributed by atoms with van der Waals surface area (Å²) in [6.45, 7) is 4.46.